The maximum absolute atomic E-state index is 13.8. The molecule has 2 aromatic carbocycles. The van der Waals surface area contributed by atoms with E-state index in [0.717, 1.165) is 48.3 Å². The Kier molecular flexibility index (Phi) is 14.0. The highest BCUT2D eigenvalue weighted by atomic mass is 32.2. The van der Waals surface area contributed by atoms with Crippen LogP contribution in [0.4, 0.5) is 5.69 Å². The number of amides is 1. The van der Waals surface area contributed by atoms with Crippen molar-refractivity contribution < 1.29 is 14.3 Å². The summed E-state index contributed by atoms with van der Waals surface area (Å²) in [5.74, 6) is 0.601. The Bertz CT molecular complexity index is 1360. The number of hydrogen-bond donors (Lipinski definition) is 0. The van der Waals surface area contributed by atoms with Gasteiger partial charge in [-0.3, -0.25) is 19.0 Å². The second-order valence-corrected chi connectivity index (χ2v) is 12.4. The fourth-order valence-electron chi connectivity index (χ4n) is 4.97. The lowest BCUT2D eigenvalue weighted by Gasteiger charge is -2.25. The molecule has 0 aliphatic carbocycles. The molecule has 0 N–H and O–H groups in total. The summed E-state index contributed by atoms with van der Waals surface area (Å²) in [6.45, 7) is 11.0. The molecule has 0 saturated carbocycles. The summed E-state index contributed by atoms with van der Waals surface area (Å²) in [7, 11) is 0. The number of benzene rings is 2. The number of ether oxygens (including phenoxy) is 1. The second-order valence-electron chi connectivity index (χ2n) is 11.1. The van der Waals surface area contributed by atoms with Crippen LogP contribution in [0.1, 0.15) is 79.0 Å². The predicted molar refractivity (Wildman–Crippen MR) is 177 cm³/mol. The molecule has 232 valence electrons. The first-order chi connectivity index (χ1) is 20.8. The molecule has 0 saturated heterocycles. The molecule has 0 spiro atoms. The summed E-state index contributed by atoms with van der Waals surface area (Å²) in [6, 6.07) is 18.9. The van der Waals surface area contributed by atoms with Gasteiger partial charge in [-0.1, -0.05) is 83.7 Å². The average molecular weight is 606 g/mol. The van der Waals surface area contributed by atoms with Gasteiger partial charge in [0.1, 0.15) is 17.6 Å². The molecule has 1 amide bonds. The SMILES string of the molecule is CCCCCCCN(C(=O)Cn1c(CC)nc(-c2ccccc2)cc1=O)c1ccc(S[C@H](CC(C)C)C(=O)OCC)cc1. The lowest BCUT2D eigenvalue weighted by Crippen LogP contribution is -2.38. The Morgan fingerprint density at radius 2 is 1.65 bits per heavy atom. The monoisotopic (exact) mass is 605 g/mol. The summed E-state index contributed by atoms with van der Waals surface area (Å²) in [4.78, 5) is 47.1. The molecule has 3 rings (SSSR count). The van der Waals surface area contributed by atoms with E-state index < -0.39 is 0 Å². The first kappa shape index (κ1) is 34.1. The lowest BCUT2D eigenvalue weighted by atomic mass is 10.1. The number of rotatable bonds is 17. The third-order valence-electron chi connectivity index (χ3n) is 7.21. The topological polar surface area (TPSA) is 81.5 Å². The highest BCUT2D eigenvalue weighted by Gasteiger charge is 2.23. The standard InChI is InChI=1S/C35H47N3O4S/c1-6-9-10-11-15-22-37(28-18-20-29(21-19-28)43-31(23-26(4)5)35(41)42-8-3)34(40)25-38-32(7-2)36-30(24-33(38)39)27-16-13-12-14-17-27/h12-14,16-21,24,26,31H,6-11,15,22-23,25H2,1-5H3/t31-/m1/s1. The lowest BCUT2D eigenvalue weighted by molar-refractivity contribution is -0.142. The van der Waals surface area contributed by atoms with Crippen LogP contribution in [-0.4, -0.2) is 39.8 Å². The Labute approximate surface area is 261 Å². The van der Waals surface area contributed by atoms with E-state index in [1.54, 1.807) is 4.90 Å². The van der Waals surface area contributed by atoms with E-state index in [9.17, 15) is 14.4 Å². The third kappa shape index (κ3) is 10.4. The van der Waals surface area contributed by atoms with Crippen molar-refractivity contribution in [1.29, 1.82) is 0 Å². The fourth-order valence-corrected chi connectivity index (χ4v) is 6.23. The Morgan fingerprint density at radius 1 is 0.953 bits per heavy atom. The van der Waals surface area contributed by atoms with Crippen LogP contribution in [-0.2, 0) is 27.3 Å². The van der Waals surface area contributed by atoms with Crippen molar-refractivity contribution in [2.24, 2.45) is 5.92 Å². The van der Waals surface area contributed by atoms with Crippen LogP contribution in [0.5, 0.6) is 0 Å². The molecule has 1 heterocycles. The molecule has 8 heteroatoms. The zero-order valence-electron chi connectivity index (χ0n) is 26.4. The Balaban J connectivity index is 1.84. The molecule has 0 aliphatic heterocycles. The molecule has 0 radical (unpaired) electrons. The maximum atomic E-state index is 13.8. The molecule has 1 aromatic heterocycles. The van der Waals surface area contributed by atoms with Gasteiger partial charge in [-0.25, -0.2) is 4.98 Å². The number of aryl methyl sites for hydroxylation is 1. The van der Waals surface area contributed by atoms with Crippen molar-refractivity contribution in [2.45, 2.75) is 96.3 Å². The van der Waals surface area contributed by atoms with E-state index in [0.29, 0.717) is 37.0 Å². The van der Waals surface area contributed by atoms with Gasteiger partial charge in [0.2, 0.25) is 5.91 Å². The summed E-state index contributed by atoms with van der Waals surface area (Å²) in [5.41, 5.74) is 2.04. The fraction of sp³-hybridized carbons (Fsp3) is 0.486. The maximum Gasteiger partial charge on any atom is 0.319 e. The number of esters is 1. The molecule has 7 nitrogen and oxygen atoms in total. The van der Waals surface area contributed by atoms with Crippen molar-refractivity contribution in [3.8, 4) is 11.3 Å². The van der Waals surface area contributed by atoms with Crippen molar-refractivity contribution in [2.75, 3.05) is 18.1 Å². The Hall–Kier alpha value is -3.39. The summed E-state index contributed by atoms with van der Waals surface area (Å²) < 4.78 is 6.81. The van der Waals surface area contributed by atoms with Crippen molar-refractivity contribution >= 4 is 29.3 Å². The van der Waals surface area contributed by atoms with Crippen LogP contribution in [0, 0.1) is 5.92 Å². The molecular formula is C35H47N3O4S. The van der Waals surface area contributed by atoms with E-state index in [-0.39, 0.29) is 29.2 Å². The van der Waals surface area contributed by atoms with Gasteiger partial charge < -0.3 is 9.64 Å². The van der Waals surface area contributed by atoms with Gasteiger partial charge in [0.05, 0.1) is 12.3 Å². The quantitative estimate of drug-likeness (QED) is 0.0898. The molecule has 0 aliphatic rings. The van der Waals surface area contributed by atoms with Crippen LogP contribution in [0.2, 0.25) is 0 Å². The number of anilines is 1. The van der Waals surface area contributed by atoms with Gasteiger partial charge in [-0.15, -0.1) is 11.8 Å². The summed E-state index contributed by atoms with van der Waals surface area (Å²) in [5, 5.41) is -0.284. The van der Waals surface area contributed by atoms with Crippen LogP contribution in [0.3, 0.4) is 0 Å². The number of carbonyl (C=O) groups is 2. The van der Waals surface area contributed by atoms with Crippen LogP contribution < -0.4 is 10.5 Å². The number of aromatic nitrogens is 2. The summed E-state index contributed by atoms with van der Waals surface area (Å²) in [6.07, 6.45) is 6.62. The van der Waals surface area contributed by atoms with Gasteiger partial charge in [0.15, 0.2) is 0 Å². The number of carbonyl (C=O) groups excluding carboxylic acids is 2. The number of nitrogens with zero attached hydrogens (tertiary/aromatic N) is 3. The van der Waals surface area contributed by atoms with Crippen molar-refractivity contribution in [3.05, 3.63) is 76.8 Å². The van der Waals surface area contributed by atoms with Gasteiger partial charge in [0, 0.05) is 35.2 Å². The van der Waals surface area contributed by atoms with Crippen LogP contribution in [0.25, 0.3) is 11.3 Å². The van der Waals surface area contributed by atoms with Crippen LogP contribution >= 0.6 is 11.8 Å². The number of thioether (sulfide) groups is 1. The molecule has 0 bridgehead atoms. The normalized spacial score (nSPS) is 11.9. The van der Waals surface area contributed by atoms with E-state index in [1.165, 1.54) is 28.8 Å². The molecule has 0 unspecified atom stereocenters. The smallest absolute Gasteiger partial charge is 0.319 e. The minimum Gasteiger partial charge on any atom is -0.465 e. The van der Waals surface area contributed by atoms with E-state index >= 15 is 0 Å². The zero-order chi connectivity index (χ0) is 31.2. The first-order valence-electron chi connectivity index (χ1n) is 15.7. The van der Waals surface area contributed by atoms with Gasteiger partial charge >= 0.3 is 5.97 Å². The van der Waals surface area contributed by atoms with E-state index in [1.807, 2.05) is 68.4 Å². The molecule has 43 heavy (non-hydrogen) atoms. The second kappa shape index (κ2) is 17.7. The minimum atomic E-state index is -0.284. The molecule has 3 aromatic rings. The predicted octanol–water partition coefficient (Wildman–Crippen LogP) is 7.55. The van der Waals surface area contributed by atoms with E-state index in [2.05, 4.69) is 20.8 Å². The minimum absolute atomic E-state index is 0.0745. The number of unbranched alkanes of at least 4 members (excludes halogenated alkanes) is 4. The van der Waals surface area contributed by atoms with Crippen molar-refractivity contribution in [3.63, 3.8) is 0 Å². The molecule has 1 atom stereocenters. The van der Waals surface area contributed by atoms with E-state index in [4.69, 9.17) is 9.72 Å². The third-order valence-corrected chi connectivity index (χ3v) is 8.43. The molecule has 0 fully saturated rings. The number of hydrogen-bond acceptors (Lipinski definition) is 6. The molecular weight excluding hydrogens is 558 g/mol. The van der Waals surface area contributed by atoms with Gasteiger partial charge in [0.25, 0.3) is 5.56 Å². The Morgan fingerprint density at radius 3 is 2.28 bits per heavy atom. The van der Waals surface area contributed by atoms with Gasteiger partial charge in [-0.2, -0.15) is 0 Å². The summed E-state index contributed by atoms with van der Waals surface area (Å²) >= 11 is 1.50. The highest BCUT2D eigenvalue weighted by molar-refractivity contribution is 8.00. The van der Waals surface area contributed by atoms with Crippen molar-refractivity contribution in [1.82, 2.24) is 9.55 Å². The van der Waals surface area contributed by atoms with Gasteiger partial charge in [-0.05, 0) is 49.9 Å². The average Bonchev–Trinajstić information content (AvgIpc) is 3.00. The zero-order valence-corrected chi connectivity index (χ0v) is 27.2. The highest BCUT2D eigenvalue weighted by Crippen LogP contribution is 2.30. The first-order valence-corrected chi connectivity index (χ1v) is 16.5. The largest absolute Gasteiger partial charge is 0.465 e. The van der Waals surface area contributed by atoms with Crippen LogP contribution in [0.15, 0.2) is 70.4 Å².